The average Bonchev–Trinajstić information content (AvgIpc) is 2.72. The zero-order valence-electron chi connectivity index (χ0n) is 16.0. The lowest BCUT2D eigenvalue weighted by molar-refractivity contribution is -0.138. The van der Waals surface area contributed by atoms with Crippen molar-refractivity contribution in [2.75, 3.05) is 32.7 Å². The molecule has 2 heterocycles. The Bertz CT molecular complexity index is 638. The normalized spacial score (nSPS) is 19.1. The fourth-order valence-corrected chi connectivity index (χ4v) is 4.16. The van der Waals surface area contributed by atoms with Gasteiger partial charge in [-0.05, 0) is 56.8 Å². The summed E-state index contributed by atoms with van der Waals surface area (Å²) in [6.45, 7) is 4.89. The van der Waals surface area contributed by atoms with Gasteiger partial charge in [-0.1, -0.05) is 29.8 Å². The molecule has 5 nitrogen and oxygen atoms in total. The third-order valence-electron chi connectivity index (χ3n) is 5.69. The molecular formula is C21H30ClN3O2. The number of piperidine rings is 2. The lowest BCUT2D eigenvalue weighted by atomic mass is 9.94. The molecule has 3 rings (SSSR count). The van der Waals surface area contributed by atoms with Crippen molar-refractivity contribution in [2.24, 2.45) is 5.92 Å². The van der Waals surface area contributed by atoms with E-state index in [0.29, 0.717) is 23.9 Å². The van der Waals surface area contributed by atoms with Crippen molar-refractivity contribution in [3.8, 4) is 0 Å². The second-order valence-corrected chi connectivity index (χ2v) is 8.03. The molecule has 2 saturated heterocycles. The number of nitrogens with one attached hydrogen (secondary N) is 1. The fourth-order valence-electron chi connectivity index (χ4n) is 3.96. The van der Waals surface area contributed by atoms with E-state index in [1.807, 2.05) is 24.3 Å². The highest BCUT2D eigenvalue weighted by Gasteiger charge is 2.29. The van der Waals surface area contributed by atoms with E-state index in [1.54, 1.807) is 0 Å². The van der Waals surface area contributed by atoms with Crippen molar-refractivity contribution in [3.05, 3.63) is 34.9 Å². The second-order valence-electron chi connectivity index (χ2n) is 7.62. The minimum atomic E-state index is 0.0430. The Balaban J connectivity index is 1.33. The number of carbonyl (C=O) groups excluding carboxylic acids is 2. The van der Waals surface area contributed by atoms with Gasteiger partial charge >= 0.3 is 0 Å². The maximum atomic E-state index is 12.6. The Kier molecular flexibility index (Phi) is 7.53. The first kappa shape index (κ1) is 20.2. The van der Waals surface area contributed by atoms with Crippen molar-refractivity contribution in [1.29, 1.82) is 0 Å². The predicted molar refractivity (Wildman–Crippen MR) is 108 cm³/mol. The van der Waals surface area contributed by atoms with E-state index in [4.69, 9.17) is 11.6 Å². The Morgan fingerprint density at radius 2 is 1.74 bits per heavy atom. The highest BCUT2D eigenvalue weighted by Crippen LogP contribution is 2.22. The molecule has 0 spiro atoms. The van der Waals surface area contributed by atoms with Gasteiger partial charge in [0.25, 0.3) is 0 Å². The lowest BCUT2D eigenvalue weighted by Crippen LogP contribution is -2.44. The van der Waals surface area contributed by atoms with Gasteiger partial charge in [-0.15, -0.1) is 0 Å². The number of rotatable bonds is 6. The Labute approximate surface area is 167 Å². The lowest BCUT2D eigenvalue weighted by Gasteiger charge is -2.35. The number of hydrogen-bond acceptors (Lipinski definition) is 3. The number of carbonyl (C=O) groups is 2. The Hall–Kier alpha value is -1.59. The highest BCUT2D eigenvalue weighted by molar-refractivity contribution is 6.31. The first-order valence-corrected chi connectivity index (χ1v) is 10.5. The first-order valence-electron chi connectivity index (χ1n) is 10.1. The van der Waals surface area contributed by atoms with Crippen LogP contribution in [0.5, 0.6) is 0 Å². The molecule has 2 amide bonds. The van der Waals surface area contributed by atoms with Gasteiger partial charge in [0.2, 0.25) is 11.8 Å². The summed E-state index contributed by atoms with van der Waals surface area (Å²) >= 11 is 6.11. The maximum Gasteiger partial charge on any atom is 0.225 e. The van der Waals surface area contributed by atoms with Crippen molar-refractivity contribution in [3.63, 3.8) is 0 Å². The summed E-state index contributed by atoms with van der Waals surface area (Å²) in [7, 11) is 0. The number of hydrogen-bond donors (Lipinski definition) is 1. The molecule has 2 fully saturated rings. The molecule has 0 radical (unpaired) electrons. The molecule has 0 aromatic heterocycles. The van der Waals surface area contributed by atoms with E-state index in [9.17, 15) is 9.59 Å². The van der Waals surface area contributed by atoms with Crippen molar-refractivity contribution in [2.45, 2.75) is 45.1 Å². The Morgan fingerprint density at radius 1 is 1.04 bits per heavy atom. The maximum absolute atomic E-state index is 12.6. The molecule has 2 aliphatic rings. The zero-order valence-corrected chi connectivity index (χ0v) is 16.7. The molecule has 6 heteroatoms. The van der Waals surface area contributed by atoms with E-state index in [-0.39, 0.29) is 11.8 Å². The van der Waals surface area contributed by atoms with Crippen LogP contribution in [0.1, 0.15) is 44.1 Å². The summed E-state index contributed by atoms with van der Waals surface area (Å²) in [6.07, 6.45) is 5.85. The van der Waals surface area contributed by atoms with Crippen molar-refractivity contribution < 1.29 is 9.59 Å². The van der Waals surface area contributed by atoms with Crippen LogP contribution in [-0.4, -0.2) is 54.3 Å². The molecule has 1 aromatic carbocycles. The quantitative estimate of drug-likeness (QED) is 0.810. The van der Waals surface area contributed by atoms with Gasteiger partial charge in [-0.25, -0.2) is 0 Å². The molecule has 27 heavy (non-hydrogen) atoms. The zero-order chi connectivity index (χ0) is 19.1. The van der Waals surface area contributed by atoms with Crippen LogP contribution < -0.4 is 5.32 Å². The van der Waals surface area contributed by atoms with Crippen molar-refractivity contribution in [1.82, 2.24) is 15.1 Å². The summed E-state index contributed by atoms with van der Waals surface area (Å²) in [4.78, 5) is 29.1. The van der Waals surface area contributed by atoms with Gasteiger partial charge in [-0.2, -0.15) is 0 Å². The van der Waals surface area contributed by atoms with Crippen LogP contribution in [0.2, 0.25) is 5.02 Å². The molecule has 2 aliphatic heterocycles. The largest absolute Gasteiger partial charge is 0.352 e. The van der Waals surface area contributed by atoms with E-state index in [0.717, 1.165) is 64.0 Å². The topological polar surface area (TPSA) is 52.7 Å². The van der Waals surface area contributed by atoms with Gasteiger partial charge in [0.05, 0.1) is 0 Å². The van der Waals surface area contributed by atoms with E-state index in [2.05, 4.69) is 15.1 Å². The third kappa shape index (κ3) is 5.94. The monoisotopic (exact) mass is 391 g/mol. The van der Waals surface area contributed by atoms with Crippen LogP contribution in [0.15, 0.2) is 24.3 Å². The molecule has 0 bridgehead atoms. The summed E-state index contributed by atoms with van der Waals surface area (Å²) in [5.41, 5.74) is 0.935. The standard InChI is InChI=1S/C21H30ClN3O2/c22-19-7-3-2-6-18(19)16-23-20(26)10-15-24-13-8-17(9-14-24)21(27)25-11-4-1-5-12-25/h2-3,6-7,17H,1,4-5,8-16H2,(H,23,26). The summed E-state index contributed by atoms with van der Waals surface area (Å²) in [5.74, 6) is 0.571. The van der Waals surface area contributed by atoms with Crippen LogP contribution in [0.25, 0.3) is 0 Å². The van der Waals surface area contributed by atoms with Crippen LogP contribution in [0.4, 0.5) is 0 Å². The molecular weight excluding hydrogens is 362 g/mol. The number of nitrogens with zero attached hydrogens (tertiary/aromatic N) is 2. The predicted octanol–water partition coefficient (Wildman–Crippen LogP) is 3.07. The number of likely N-dealkylation sites (tertiary alicyclic amines) is 2. The molecule has 0 aliphatic carbocycles. The SMILES string of the molecule is O=C(CCN1CCC(C(=O)N2CCCCC2)CC1)NCc1ccccc1Cl. The number of benzene rings is 1. The van der Waals surface area contributed by atoms with Crippen LogP contribution in [0, 0.1) is 5.92 Å². The molecule has 0 saturated carbocycles. The number of amides is 2. The van der Waals surface area contributed by atoms with E-state index >= 15 is 0 Å². The van der Waals surface area contributed by atoms with E-state index < -0.39 is 0 Å². The fraction of sp³-hybridized carbons (Fsp3) is 0.619. The molecule has 1 N–H and O–H groups in total. The summed E-state index contributed by atoms with van der Waals surface area (Å²) < 4.78 is 0. The molecule has 0 atom stereocenters. The van der Waals surface area contributed by atoms with Crippen molar-refractivity contribution >= 4 is 23.4 Å². The summed E-state index contributed by atoms with van der Waals surface area (Å²) in [6, 6.07) is 7.56. The molecule has 1 aromatic rings. The molecule has 148 valence electrons. The molecule has 0 unspecified atom stereocenters. The van der Waals surface area contributed by atoms with Gasteiger partial charge in [0.1, 0.15) is 0 Å². The van der Waals surface area contributed by atoms with Gasteiger partial charge in [0.15, 0.2) is 0 Å². The van der Waals surface area contributed by atoms with Crippen LogP contribution in [-0.2, 0) is 16.1 Å². The summed E-state index contributed by atoms with van der Waals surface area (Å²) in [5, 5.41) is 3.62. The second kappa shape index (κ2) is 10.1. The van der Waals surface area contributed by atoms with Gasteiger partial charge < -0.3 is 15.1 Å². The van der Waals surface area contributed by atoms with Gasteiger partial charge in [0, 0.05) is 43.5 Å². The Morgan fingerprint density at radius 3 is 2.44 bits per heavy atom. The minimum Gasteiger partial charge on any atom is -0.352 e. The van der Waals surface area contributed by atoms with Gasteiger partial charge in [-0.3, -0.25) is 9.59 Å². The van der Waals surface area contributed by atoms with E-state index in [1.165, 1.54) is 6.42 Å². The number of halogens is 1. The first-order chi connectivity index (χ1) is 13.1. The van der Waals surface area contributed by atoms with Crippen LogP contribution in [0.3, 0.4) is 0 Å². The third-order valence-corrected chi connectivity index (χ3v) is 6.06. The highest BCUT2D eigenvalue weighted by atomic mass is 35.5. The average molecular weight is 392 g/mol. The van der Waals surface area contributed by atoms with Crippen LogP contribution >= 0.6 is 11.6 Å². The minimum absolute atomic E-state index is 0.0430. The smallest absolute Gasteiger partial charge is 0.225 e.